The number of rotatable bonds is 13. The van der Waals surface area contributed by atoms with Crippen molar-refractivity contribution in [1.82, 2.24) is 10.6 Å². The van der Waals surface area contributed by atoms with Crippen LogP contribution in [0, 0.1) is 0 Å². The second-order valence-electron chi connectivity index (χ2n) is 6.47. The highest BCUT2D eigenvalue weighted by molar-refractivity contribution is 5.91. The Bertz CT molecular complexity index is 724. The van der Waals surface area contributed by atoms with Gasteiger partial charge in [0.2, 0.25) is 11.8 Å². The molecule has 0 saturated carbocycles. The first-order valence-electron chi connectivity index (χ1n) is 9.02. The van der Waals surface area contributed by atoms with Gasteiger partial charge in [-0.15, -0.1) is 0 Å². The van der Waals surface area contributed by atoms with Gasteiger partial charge in [0.25, 0.3) is 0 Å². The summed E-state index contributed by atoms with van der Waals surface area (Å²) in [5.41, 5.74) is 6.70. The molecule has 0 saturated heterocycles. The van der Waals surface area contributed by atoms with Crippen LogP contribution in [0.15, 0.2) is 30.3 Å². The van der Waals surface area contributed by atoms with Crippen LogP contribution in [-0.2, 0) is 30.4 Å². The number of carbonyl (C=O) groups excluding carboxylic acids is 3. The molecule has 0 unspecified atom stereocenters. The summed E-state index contributed by atoms with van der Waals surface area (Å²) in [6.45, 7) is 0. The second kappa shape index (κ2) is 12.2. The number of carboxylic acid groups (broad SMARTS) is 2. The van der Waals surface area contributed by atoms with Gasteiger partial charge in [-0.05, 0) is 24.8 Å². The molecule has 3 atom stereocenters. The molecule has 29 heavy (non-hydrogen) atoms. The Balaban J connectivity index is 2.75. The zero-order valence-electron chi connectivity index (χ0n) is 15.7. The molecule has 1 rings (SSSR count). The summed E-state index contributed by atoms with van der Waals surface area (Å²) in [6.07, 6.45) is -0.467. The number of nitrogens with two attached hydrogens (primary N) is 1. The molecule has 158 valence electrons. The highest BCUT2D eigenvalue weighted by Gasteiger charge is 2.26. The maximum Gasteiger partial charge on any atom is 0.303 e. The van der Waals surface area contributed by atoms with E-state index in [0.717, 1.165) is 5.56 Å². The summed E-state index contributed by atoms with van der Waals surface area (Å²) in [7, 11) is 0. The lowest BCUT2D eigenvalue weighted by atomic mass is 10.0. The van der Waals surface area contributed by atoms with Gasteiger partial charge >= 0.3 is 11.9 Å². The fraction of sp³-hybridized carbons (Fsp3) is 0.421. The van der Waals surface area contributed by atoms with Crippen molar-refractivity contribution in [2.75, 3.05) is 0 Å². The smallest absolute Gasteiger partial charge is 0.303 e. The SMILES string of the molecule is N[C@@H](Cc1ccccc1)C(=O)N[C@@H](CCC(=O)O)C(=O)N[C@H](C=O)CCC(=O)O. The van der Waals surface area contributed by atoms with Crippen LogP contribution in [0.25, 0.3) is 0 Å². The van der Waals surface area contributed by atoms with E-state index in [1.54, 1.807) is 24.3 Å². The lowest BCUT2D eigenvalue weighted by Gasteiger charge is -2.22. The zero-order chi connectivity index (χ0) is 21.8. The number of hydrogen-bond acceptors (Lipinski definition) is 6. The van der Waals surface area contributed by atoms with Crippen LogP contribution < -0.4 is 16.4 Å². The molecule has 0 aromatic heterocycles. The second-order valence-corrected chi connectivity index (χ2v) is 6.47. The molecule has 0 heterocycles. The number of carboxylic acids is 2. The van der Waals surface area contributed by atoms with E-state index in [1.165, 1.54) is 0 Å². The topological polar surface area (TPSA) is 176 Å². The van der Waals surface area contributed by atoms with Gasteiger partial charge in [-0.1, -0.05) is 30.3 Å². The highest BCUT2D eigenvalue weighted by atomic mass is 16.4. The number of aldehydes is 1. The summed E-state index contributed by atoms with van der Waals surface area (Å²) < 4.78 is 0. The largest absolute Gasteiger partial charge is 0.481 e. The minimum atomic E-state index is -1.23. The maximum atomic E-state index is 12.4. The number of hydrogen-bond donors (Lipinski definition) is 5. The molecule has 10 heteroatoms. The van der Waals surface area contributed by atoms with E-state index in [1.807, 2.05) is 6.07 Å². The Hall–Kier alpha value is -3.27. The van der Waals surface area contributed by atoms with Crippen LogP contribution in [0.1, 0.15) is 31.2 Å². The number of nitrogens with one attached hydrogen (secondary N) is 2. The Kier molecular flexibility index (Phi) is 10.0. The number of aliphatic carboxylic acids is 2. The molecule has 10 nitrogen and oxygen atoms in total. The molecule has 2 amide bonds. The lowest BCUT2D eigenvalue weighted by Crippen LogP contribution is -2.54. The van der Waals surface area contributed by atoms with Crippen molar-refractivity contribution in [2.45, 2.75) is 50.2 Å². The van der Waals surface area contributed by atoms with Gasteiger partial charge in [-0.3, -0.25) is 19.2 Å². The first kappa shape index (κ1) is 23.8. The first-order valence-corrected chi connectivity index (χ1v) is 9.02. The van der Waals surface area contributed by atoms with E-state index >= 15 is 0 Å². The van der Waals surface area contributed by atoms with E-state index < -0.39 is 48.3 Å². The predicted molar refractivity (Wildman–Crippen MR) is 102 cm³/mol. The summed E-state index contributed by atoms with van der Waals surface area (Å²) in [6, 6.07) is 5.71. The molecule has 6 N–H and O–H groups in total. The van der Waals surface area contributed by atoms with Crippen molar-refractivity contribution >= 4 is 30.0 Å². The van der Waals surface area contributed by atoms with Gasteiger partial charge in [0, 0.05) is 12.8 Å². The third-order valence-electron chi connectivity index (χ3n) is 4.08. The van der Waals surface area contributed by atoms with Gasteiger partial charge in [-0.2, -0.15) is 0 Å². The van der Waals surface area contributed by atoms with Crippen LogP contribution in [0.5, 0.6) is 0 Å². The molecular formula is C19H25N3O7. The monoisotopic (exact) mass is 407 g/mol. The molecule has 1 aromatic carbocycles. The third-order valence-corrected chi connectivity index (χ3v) is 4.08. The van der Waals surface area contributed by atoms with E-state index in [0.29, 0.717) is 6.29 Å². The van der Waals surface area contributed by atoms with Gasteiger partial charge in [-0.25, -0.2) is 0 Å². The Labute approximate surface area is 167 Å². The molecule has 0 bridgehead atoms. The quantitative estimate of drug-likeness (QED) is 0.271. The van der Waals surface area contributed by atoms with E-state index in [4.69, 9.17) is 15.9 Å². The van der Waals surface area contributed by atoms with Gasteiger partial charge < -0.3 is 31.4 Å². The van der Waals surface area contributed by atoms with Crippen molar-refractivity contribution < 1.29 is 34.2 Å². The highest BCUT2D eigenvalue weighted by Crippen LogP contribution is 2.05. The molecule has 0 radical (unpaired) electrons. The molecule has 0 aliphatic rings. The van der Waals surface area contributed by atoms with Gasteiger partial charge in [0.15, 0.2) is 0 Å². The van der Waals surface area contributed by atoms with Crippen LogP contribution in [0.2, 0.25) is 0 Å². The van der Waals surface area contributed by atoms with E-state index in [-0.39, 0.29) is 25.7 Å². The molecule has 0 spiro atoms. The minimum Gasteiger partial charge on any atom is -0.481 e. The number of benzene rings is 1. The third kappa shape index (κ3) is 9.47. The normalized spacial score (nSPS) is 13.6. The maximum absolute atomic E-state index is 12.4. The minimum absolute atomic E-state index is 0.127. The van der Waals surface area contributed by atoms with Crippen molar-refractivity contribution in [2.24, 2.45) is 5.73 Å². The summed E-state index contributed by atoms with van der Waals surface area (Å²) in [5, 5.41) is 22.3. The van der Waals surface area contributed by atoms with Gasteiger partial charge in [0.1, 0.15) is 12.3 Å². The average Bonchev–Trinajstić information content (AvgIpc) is 2.68. The first-order chi connectivity index (χ1) is 13.7. The van der Waals surface area contributed by atoms with Crippen LogP contribution >= 0.6 is 0 Å². The lowest BCUT2D eigenvalue weighted by molar-refractivity contribution is -0.139. The zero-order valence-corrected chi connectivity index (χ0v) is 15.7. The fourth-order valence-electron chi connectivity index (χ4n) is 2.51. The Morgan fingerprint density at radius 1 is 0.931 bits per heavy atom. The van der Waals surface area contributed by atoms with Crippen LogP contribution in [-0.4, -0.2) is 58.4 Å². The van der Waals surface area contributed by atoms with Gasteiger partial charge in [0.05, 0.1) is 12.1 Å². The molecule has 1 aromatic rings. The standard InChI is InChI=1S/C19H25N3O7/c20-14(10-12-4-2-1-3-5-12)18(28)22-15(7-9-17(26)27)19(29)21-13(11-23)6-8-16(24)25/h1-5,11,13-15H,6-10,20H2,(H,21,29)(H,22,28)(H,24,25)(H,26,27)/t13-,14-,15-/m0/s1. The van der Waals surface area contributed by atoms with Crippen molar-refractivity contribution in [3.05, 3.63) is 35.9 Å². The van der Waals surface area contributed by atoms with Crippen LogP contribution in [0.3, 0.4) is 0 Å². The molecule has 0 fully saturated rings. The summed E-state index contributed by atoms with van der Waals surface area (Å²) in [4.78, 5) is 57.3. The van der Waals surface area contributed by atoms with E-state index in [2.05, 4.69) is 10.6 Å². The molecular weight excluding hydrogens is 382 g/mol. The number of carbonyl (C=O) groups is 5. The van der Waals surface area contributed by atoms with Crippen LogP contribution in [0.4, 0.5) is 0 Å². The Morgan fingerprint density at radius 3 is 2.07 bits per heavy atom. The van der Waals surface area contributed by atoms with Crippen molar-refractivity contribution in [3.8, 4) is 0 Å². The van der Waals surface area contributed by atoms with Crippen molar-refractivity contribution in [1.29, 1.82) is 0 Å². The summed E-state index contributed by atoms with van der Waals surface area (Å²) >= 11 is 0. The molecule has 0 aliphatic heterocycles. The predicted octanol–water partition coefficient (Wildman–Crippen LogP) is -0.545. The molecule has 0 aliphatic carbocycles. The number of amides is 2. The summed E-state index contributed by atoms with van der Waals surface area (Å²) in [5.74, 6) is -3.72. The van der Waals surface area contributed by atoms with E-state index in [9.17, 15) is 24.0 Å². The fourth-order valence-corrected chi connectivity index (χ4v) is 2.51. The Morgan fingerprint density at radius 2 is 1.52 bits per heavy atom. The average molecular weight is 407 g/mol. The van der Waals surface area contributed by atoms with Crippen molar-refractivity contribution in [3.63, 3.8) is 0 Å².